The second-order valence-electron chi connectivity index (χ2n) is 7.55. The van der Waals surface area contributed by atoms with Crippen LogP contribution >= 0.6 is 0 Å². The largest absolute Gasteiger partial charge is 0.459 e. The van der Waals surface area contributed by atoms with Crippen LogP contribution in [0.15, 0.2) is 0 Å². The Morgan fingerprint density at radius 3 is 1.62 bits per heavy atom. The fourth-order valence-electron chi connectivity index (χ4n) is 1.71. The Kier molecular flexibility index (Phi) is 7.82. The Balaban J connectivity index is 4.12. The zero-order valence-corrected chi connectivity index (χ0v) is 15.8. The van der Waals surface area contributed by atoms with Crippen LogP contribution in [0.4, 0.5) is 30.7 Å². The molecule has 0 aliphatic rings. The van der Waals surface area contributed by atoms with E-state index < -0.39 is 39.2 Å². The summed E-state index contributed by atoms with van der Waals surface area (Å²) < 4.78 is 93.3. The molecule has 0 bridgehead atoms. The predicted octanol–water partition coefficient (Wildman–Crippen LogP) is 6.79. The van der Waals surface area contributed by atoms with Gasteiger partial charge < -0.3 is 4.43 Å². The van der Waals surface area contributed by atoms with E-state index in [0.29, 0.717) is 19.4 Å². The van der Waals surface area contributed by atoms with E-state index in [1.165, 1.54) is 0 Å². The summed E-state index contributed by atoms with van der Waals surface area (Å²) >= 11 is 0. The van der Waals surface area contributed by atoms with Gasteiger partial charge in [0, 0.05) is 13.0 Å². The number of hydrogen-bond acceptors (Lipinski definition) is 1. The normalized spacial score (nSPS) is 15.0. The average molecular weight is 384 g/mol. The number of hydrogen-bond donors (Lipinski definition) is 0. The van der Waals surface area contributed by atoms with Gasteiger partial charge in [-0.3, -0.25) is 0 Å². The quantitative estimate of drug-likeness (QED) is 0.241. The van der Waals surface area contributed by atoms with Crippen LogP contribution in [0.1, 0.15) is 52.9 Å². The van der Waals surface area contributed by atoms with Gasteiger partial charge >= 0.3 is 18.0 Å². The third-order valence-corrected chi connectivity index (χ3v) is 9.01. The lowest BCUT2D eigenvalue weighted by molar-refractivity contribution is -0.355. The Morgan fingerprint density at radius 2 is 1.21 bits per heavy atom. The molecule has 9 heteroatoms. The monoisotopic (exact) mass is 384 g/mol. The van der Waals surface area contributed by atoms with E-state index >= 15 is 0 Å². The van der Waals surface area contributed by atoms with E-state index in [4.69, 9.17) is 4.43 Å². The van der Waals surface area contributed by atoms with Crippen molar-refractivity contribution in [3.05, 3.63) is 0 Å². The number of rotatable bonds is 9. The van der Waals surface area contributed by atoms with Crippen molar-refractivity contribution < 1.29 is 35.2 Å². The first-order valence-corrected chi connectivity index (χ1v) is 10.8. The van der Waals surface area contributed by atoms with Gasteiger partial charge in [-0.15, -0.1) is 0 Å². The summed E-state index contributed by atoms with van der Waals surface area (Å²) in [5, 5.41) is 0.0399. The summed E-state index contributed by atoms with van der Waals surface area (Å²) in [6.07, 6.45) is -6.95. The maximum Gasteiger partial charge on any atom is 0.459 e. The molecule has 0 aromatic rings. The zero-order valence-electron chi connectivity index (χ0n) is 14.8. The van der Waals surface area contributed by atoms with Crippen molar-refractivity contribution in [2.45, 2.75) is 89.0 Å². The molecule has 0 amide bonds. The minimum atomic E-state index is -6.24. The molecule has 0 fully saturated rings. The van der Waals surface area contributed by atoms with Crippen molar-refractivity contribution in [2.24, 2.45) is 0 Å². The molecule has 0 saturated heterocycles. The average Bonchev–Trinajstić information content (AvgIpc) is 2.34. The van der Waals surface area contributed by atoms with Gasteiger partial charge in [0.15, 0.2) is 8.32 Å². The van der Waals surface area contributed by atoms with Gasteiger partial charge in [-0.25, -0.2) is 0 Å². The maximum absolute atomic E-state index is 13.1. The summed E-state index contributed by atoms with van der Waals surface area (Å²) in [5.74, 6) is -11.1. The molecular weight excluding hydrogens is 357 g/mol. The summed E-state index contributed by atoms with van der Waals surface area (Å²) in [6.45, 7) is 10.8. The molecule has 0 saturated carbocycles. The lowest BCUT2D eigenvalue weighted by Crippen LogP contribution is -2.51. The van der Waals surface area contributed by atoms with E-state index in [1.54, 1.807) is 0 Å². The highest BCUT2D eigenvalue weighted by Crippen LogP contribution is 2.48. The second-order valence-corrected chi connectivity index (χ2v) is 12.4. The SMILES string of the molecule is CC(C)(C)[Si](C)(C)OCCCCCCC(F)(F)C(F)(F)C(F)(F)F. The van der Waals surface area contributed by atoms with Crippen LogP contribution in [0.5, 0.6) is 0 Å². The van der Waals surface area contributed by atoms with Gasteiger partial charge in [-0.1, -0.05) is 33.6 Å². The van der Waals surface area contributed by atoms with Gasteiger partial charge in [0.05, 0.1) is 0 Å². The van der Waals surface area contributed by atoms with Crippen LogP contribution in [-0.4, -0.2) is 32.9 Å². The molecule has 24 heavy (non-hydrogen) atoms. The lowest BCUT2D eigenvalue weighted by atomic mass is 10.0. The van der Waals surface area contributed by atoms with Crippen LogP contribution in [0.25, 0.3) is 0 Å². The van der Waals surface area contributed by atoms with Crippen molar-refractivity contribution in [1.82, 2.24) is 0 Å². The lowest BCUT2D eigenvalue weighted by Gasteiger charge is -2.36. The number of halogens is 7. The molecule has 0 aliphatic heterocycles. The second kappa shape index (κ2) is 7.93. The van der Waals surface area contributed by atoms with E-state index in [-0.39, 0.29) is 11.5 Å². The number of alkyl halides is 7. The highest BCUT2D eigenvalue weighted by Gasteiger charge is 2.72. The van der Waals surface area contributed by atoms with Crippen molar-refractivity contribution in [3.8, 4) is 0 Å². The van der Waals surface area contributed by atoms with Gasteiger partial charge in [0.2, 0.25) is 0 Å². The molecule has 1 nitrogen and oxygen atoms in total. The fraction of sp³-hybridized carbons (Fsp3) is 1.00. The van der Waals surface area contributed by atoms with Crippen LogP contribution in [0.3, 0.4) is 0 Å². The minimum Gasteiger partial charge on any atom is -0.417 e. The molecule has 0 aliphatic carbocycles. The molecule has 0 rings (SSSR count). The molecular formula is C15H27F7OSi. The fourth-order valence-corrected chi connectivity index (χ4v) is 2.80. The van der Waals surface area contributed by atoms with Gasteiger partial charge in [0.25, 0.3) is 0 Å². The Hall–Kier alpha value is -0.313. The van der Waals surface area contributed by atoms with Crippen LogP contribution in [0, 0.1) is 0 Å². The molecule has 0 N–H and O–H groups in total. The smallest absolute Gasteiger partial charge is 0.417 e. The standard InChI is InChI=1S/C15H27F7OSi/c1-12(2,3)24(4,5)23-11-9-7-6-8-10-13(16,17)14(18,19)15(20,21)22/h6-11H2,1-5H3. The Labute approximate surface area is 140 Å². The third kappa shape index (κ3) is 6.20. The Bertz CT molecular complexity index is 386. The minimum absolute atomic E-state index is 0.0399. The van der Waals surface area contributed by atoms with Crippen LogP contribution in [-0.2, 0) is 4.43 Å². The van der Waals surface area contributed by atoms with Gasteiger partial charge in [0.1, 0.15) is 0 Å². The van der Waals surface area contributed by atoms with Crippen molar-refractivity contribution in [2.75, 3.05) is 6.61 Å². The molecule has 0 radical (unpaired) electrons. The maximum atomic E-state index is 13.1. The van der Waals surface area contributed by atoms with Crippen LogP contribution in [0.2, 0.25) is 18.1 Å². The molecule has 0 spiro atoms. The summed E-state index contributed by atoms with van der Waals surface area (Å²) in [4.78, 5) is 0. The molecule has 146 valence electrons. The number of unbranched alkanes of at least 4 members (excludes halogenated alkanes) is 3. The van der Waals surface area contributed by atoms with E-state index in [9.17, 15) is 30.7 Å². The molecule has 0 aromatic carbocycles. The third-order valence-electron chi connectivity index (χ3n) is 4.47. The summed E-state index contributed by atoms with van der Waals surface area (Å²) in [5.41, 5.74) is 0. The summed E-state index contributed by atoms with van der Waals surface area (Å²) in [6, 6.07) is 0. The topological polar surface area (TPSA) is 9.23 Å². The highest BCUT2D eigenvalue weighted by atomic mass is 28.4. The molecule has 0 aromatic heterocycles. The first kappa shape index (κ1) is 23.7. The zero-order chi connectivity index (χ0) is 19.4. The molecule has 0 unspecified atom stereocenters. The predicted molar refractivity (Wildman–Crippen MR) is 82.2 cm³/mol. The van der Waals surface area contributed by atoms with Crippen molar-refractivity contribution in [1.29, 1.82) is 0 Å². The first-order valence-electron chi connectivity index (χ1n) is 7.92. The summed E-state index contributed by atoms with van der Waals surface area (Å²) in [7, 11) is -1.89. The van der Waals surface area contributed by atoms with E-state index in [1.807, 2.05) is 0 Å². The first-order chi connectivity index (χ1) is 10.5. The highest BCUT2D eigenvalue weighted by molar-refractivity contribution is 6.74. The van der Waals surface area contributed by atoms with Gasteiger partial charge in [-0.05, 0) is 31.0 Å². The van der Waals surface area contributed by atoms with Gasteiger partial charge in [-0.2, -0.15) is 30.7 Å². The van der Waals surface area contributed by atoms with E-state index in [2.05, 4.69) is 33.9 Å². The van der Waals surface area contributed by atoms with E-state index in [0.717, 1.165) is 0 Å². The molecule has 0 heterocycles. The van der Waals surface area contributed by atoms with Crippen molar-refractivity contribution >= 4 is 8.32 Å². The van der Waals surface area contributed by atoms with Crippen LogP contribution < -0.4 is 0 Å². The van der Waals surface area contributed by atoms with Crippen molar-refractivity contribution in [3.63, 3.8) is 0 Å². The Morgan fingerprint density at radius 1 is 0.750 bits per heavy atom. The molecule has 0 atom stereocenters.